The van der Waals surface area contributed by atoms with Gasteiger partial charge in [-0.05, 0) is 43.7 Å². The van der Waals surface area contributed by atoms with Gasteiger partial charge in [0.05, 0.1) is 38.8 Å². The topological polar surface area (TPSA) is 103 Å². The lowest BCUT2D eigenvalue weighted by molar-refractivity contribution is -0.140. The highest BCUT2D eigenvalue weighted by molar-refractivity contribution is 6.46. The highest BCUT2D eigenvalue weighted by Gasteiger charge is 2.47. The number of nitrogens with zero attached hydrogens (tertiary/aromatic N) is 3. The Hall–Kier alpha value is -4.27. The molecule has 1 unspecified atom stereocenters. The highest BCUT2D eigenvalue weighted by Crippen LogP contribution is 2.45. The van der Waals surface area contributed by atoms with Crippen LogP contribution in [0.3, 0.4) is 0 Å². The van der Waals surface area contributed by atoms with Gasteiger partial charge in [0.2, 0.25) is 0 Å². The number of hydrogen-bond donors (Lipinski definition) is 1. The van der Waals surface area contributed by atoms with Gasteiger partial charge in [0.1, 0.15) is 11.5 Å². The number of ketones is 1. The Morgan fingerprint density at radius 3 is 2.47 bits per heavy atom. The minimum absolute atomic E-state index is 0.00153. The van der Waals surface area contributed by atoms with Crippen LogP contribution in [-0.4, -0.2) is 58.6 Å². The maximum absolute atomic E-state index is 13.3. The summed E-state index contributed by atoms with van der Waals surface area (Å²) in [6, 6.07) is 11.1. The minimum atomic E-state index is -0.857. The fourth-order valence-corrected chi connectivity index (χ4v) is 4.44. The van der Waals surface area contributed by atoms with Crippen molar-refractivity contribution in [1.29, 1.82) is 0 Å². The Morgan fingerprint density at radius 2 is 1.83 bits per heavy atom. The first-order chi connectivity index (χ1) is 17.5. The van der Waals surface area contributed by atoms with Crippen LogP contribution in [0.2, 0.25) is 0 Å². The quantitative estimate of drug-likeness (QED) is 0.261. The Bertz CT molecular complexity index is 1250. The molecule has 0 spiro atoms. The molecule has 2 aromatic carbocycles. The predicted molar refractivity (Wildman–Crippen MR) is 133 cm³/mol. The van der Waals surface area contributed by atoms with Crippen molar-refractivity contribution in [2.45, 2.75) is 25.9 Å². The van der Waals surface area contributed by atoms with E-state index < -0.39 is 17.7 Å². The largest absolute Gasteiger partial charge is 0.507 e. The molecule has 188 valence electrons. The molecule has 4 rings (SSSR count). The van der Waals surface area contributed by atoms with E-state index in [2.05, 4.69) is 4.98 Å². The number of aryl methyl sites for hydroxylation is 1. The third kappa shape index (κ3) is 4.77. The first kappa shape index (κ1) is 24.8. The number of likely N-dealkylation sites (tertiary alicyclic amines) is 1. The predicted octanol–water partition coefficient (Wildman–Crippen LogP) is 3.81. The Kier molecular flexibility index (Phi) is 7.58. The summed E-state index contributed by atoms with van der Waals surface area (Å²) in [6.45, 7) is 3.28. The second-order valence-electron chi connectivity index (χ2n) is 8.19. The first-order valence-electron chi connectivity index (χ1n) is 11.7. The van der Waals surface area contributed by atoms with E-state index >= 15 is 0 Å². The third-order valence-electron chi connectivity index (χ3n) is 6.08. The van der Waals surface area contributed by atoms with Crippen LogP contribution >= 0.6 is 0 Å². The van der Waals surface area contributed by atoms with Crippen molar-refractivity contribution in [2.75, 3.05) is 27.4 Å². The Morgan fingerprint density at radius 1 is 1.06 bits per heavy atom. The van der Waals surface area contributed by atoms with Crippen LogP contribution in [0, 0.1) is 0 Å². The number of ether oxygens (including phenoxy) is 3. The van der Waals surface area contributed by atoms with Crippen molar-refractivity contribution in [3.05, 3.63) is 77.9 Å². The average molecular weight is 492 g/mol. The molecule has 36 heavy (non-hydrogen) atoms. The van der Waals surface area contributed by atoms with Gasteiger partial charge in [0.15, 0.2) is 11.5 Å². The van der Waals surface area contributed by atoms with E-state index in [1.807, 2.05) is 17.7 Å². The van der Waals surface area contributed by atoms with Gasteiger partial charge in [-0.2, -0.15) is 0 Å². The lowest BCUT2D eigenvalue weighted by Crippen LogP contribution is -2.31. The van der Waals surface area contributed by atoms with E-state index in [1.165, 1.54) is 19.1 Å². The number of aromatic nitrogens is 2. The zero-order valence-electron chi connectivity index (χ0n) is 20.5. The molecule has 0 aliphatic carbocycles. The summed E-state index contributed by atoms with van der Waals surface area (Å²) in [5.41, 5.74) is 0.950. The molecule has 9 heteroatoms. The zero-order valence-corrected chi connectivity index (χ0v) is 20.5. The summed E-state index contributed by atoms with van der Waals surface area (Å²) in [5, 5.41) is 11.3. The highest BCUT2D eigenvalue weighted by atomic mass is 16.5. The summed E-state index contributed by atoms with van der Waals surface area (Å²) in [5.74, 6) is -0.200. The fraction of sp³-hybridized carbons (Fsp3) is 0.296. The van der Waals surface area contributed by atoms with Crippen LogP contribution in [0.5, 0.6) is 17.2 Å². The molecule has 1 saturated heterocycles. The number of rotatable bonds is 10. The Labute approximate surface area is 209 Å². The van der Waals surface area contributed by atoms with E-state index in [4.69, 9.17) is 14.2 Å². The number of carbonyl (C=O) groups is 2. The van der Waals surface area contributed by atoms with Gasteiger partial charge in [-0.1, -0.05) is 12.1 Å². The van der Waals surface area contributed by atoms with Crippen LogP contribution in [0.4, 0.5) is 0 Å². The van der Waals surface area contributed by atoms with Gasteiger partial charge >= 0.3 is 0 Å². The number of benzene rings is 2. The smallest absolute Gasteiger partial charge is 0.295 e. The van der Waals surface area contributed by atoms with E-state index in [1.54, 1.807) is 55.0 Å². The van der Waals surface area contributed by atoms with Gasteiger partial charge in [-0.3, -0.25) is 9.59 Å². The molecular formula is C27H29N3O6. The number of para-hydroxylation sites is 1. The molecule has 9 nitrogen and oxygen atoms in total. The average Bonchev–Trinajstić information content (AvgIpc) is 3.50. The van der Waals surface area contributed by atoms with Gasteiger partial charge < -0.3 is 28.8 Å². The third-order valence-corrected chi connectivity index (χ3v) is 6.08. The van der Waals surface area contributed by atoms with Gasteiger partial charge in [-0.25, -0.2) is 4.98 Å². The van der Waals surface area contributed by atoms with Crippen molar-refractivity contribution in [2.24, 2.45) is 0 Å². The van der Waals surface area contributed by atoms with Crippen molar-refractivity contribution >= 4 is 17.4 Å². The zero-order chi connectivity index (χ0) is 25.7. The maximum atomic E-state index is 13.3. The normalized spacial score (nSPS) is 16.9. The summed E-state index contributed by atoms with van der Waals surface area (Å²) in [6.07, 6.45) is 5.80. The summed E-state index contributed by atoms with van der Waals surface area (Å²) >= 11 is 0. The molecule has 1 amide bonds. The number of amides is 1. The van der Waals surface area contributed by atoms with Crippen molar-refractivity contribution in [3.63, 3.8) is 0 Å². The lowest BCUT2D eigenvalue weighted by atomic mass is 9.94. The number of Topliss-reactive ketones (excluding diaryl/α,β-unsaturated/α-hetero) is 1. The van der Waals surface area contributed by atoms with Crippen LogP contribution in [0.25, 0.3) is 5.76 Å². The van der Waals surface area contributed by atoms with E-state index in [0.29, 0.717) is 47.9 Å². The fourth-order valence-electron chi connectivity index (χ4n) is 4.44. The molecule has 1 aliphatic rings. The van der Waals surface area contributed by atoms with Crippen molar-refractivity contribution in [1.82, 2.24) is 14.5 Å². The van der Waals surface area contributed by atoms with Crippen LogP contribution < -0.4 is 14.2 Å². The van der Waals surface area contributed by atoms with E-state index in [-0.39, 0.29) is 17.9 Å². The van der Waals surface area contributed by atoms with E-state index in [9.17, 15) is 14.7 Å². The molecule has 1 aromatic heterocycles. The second-order valence-corrected chi connectivity index (χ2v) is 8.19. The number of methoxy groups -OCH3 is 2. The molecular weight excluding hydrogens is 462 g/mol. The van der Waals surface area contributed by atoms with Crippen LogP contribution in [-0.2, 0) is 16.1 Å². The molecule has 2 heterocycles. The summed E-state index contributed by atoms with van der Waals surface area (Å²) in [4.78, 5) is 32.1. The summed E-state index contributed by atoms with van der Waals surface area (Å²) in [7, 11) is 3.02. The SMILES string of the molecule is CCOc1ccc(/C(O)=C2\C(=O)C(=O)N(CCCn3ccnc3)C2c2cccc(OC)c2OC)cc1. The number of carbonyl (C=O) groups excluding carboxylic acids is 2. The minimum Gasteiger partial charge on any atom is -0.507 e. The van der Waals surface area contributed by atoms with Crippen LogP contribution in [0.1, 0.15) is 30.5 Å². The molecule has 1 atom stereocenters. The Balaban J connectivity index is 1.79. The molecule has 1 N–H and O–H groups in total. The van der Waals surface area contributed by atoms with Crippen LogP contribution in [0.15, 0.2) is 66.8 Å². The number of imidazole rings is 1. The van der Waals surface area contributed by atoms with E-state index in [0.717, 1.165) is 0 Å². The number of hydrogen-bond acceptors (Lipinski definition) is 7. The molecule has 3 aromatic rings. The van der Waals surface area contributed by atoms with Crippen molar-refractivity contribution < 1.29 is 28.9 Å². The lowest BCUT2D eigenvalue weighted by Gasteiger charge is -2.27. The summed E-state index contributed by atoms with van der Waals surface area (Å²) < 4.78 is 18.5. The number of aliphatic hydroxyl groups excluding tert-OH is 1. The molecule has 0 bridgehead atoms. The number of aliphatic hydroxyl groups is 1. The van der Waals surface area contributed by atoms with Crippen molar-refractivity contribution in [3.8, 4) is 17.2 Å². The van der Waals surface area contributed by atoms with Gasteiger partial charge in [0.25, 0.3) is 11.7 Å². The molecule has 0 radical (unpaired) electrons. The van der Waals surface area contributed by atoms with Gasteiger partial charge in [0, 0.05) is 36.6 Å². The van der Waals surface area contributed by atoms with Gasteiger partial charge in [-0.15, -0.1) is 0 Å². The molecule has 0 saturated carbocycles. The molecule has 1 aliphatic heterocycles. The standard InChI is InChI=1S/C27H29N3O6/c1-4-36-19-11-9-18(10-12-19)24(31)22-23(20-7-5-8-21(34-2)26(20)35-3)30(27(33)25(22)32)15-6-14-29-16-13-28-17-29/h5,7-13,16-17,23,31H,4,6,14-15H2,1-3H3/b24-22+. The first-order valence-corrected chi connectivity index (χ1v) is 11.7. The monoisotopic (exact) mass is 491 g/mol. The maximum Gasteiger partial charge on any atom is 0.295 e. The molecule has 1 fully saturated rings. The second kappa shape index (κ2) is 11.0.